The highest BCUT2D eigenvalue weighted by Gasteiger charge is 2.66. The molecule has 57 heavy (non-hydrogen) atoms. The smallest absolute Gasteiger partial charge is 0.239 e. The van der Waals surface area contributed by atoms with Gasteiger partial charge in [-0.15, -0.1) is 6.58 Å². The fraction of sp³-hybridized carbons (Fsp3) is 0.500. The average Bonchev–Trinajstić information content (AvgIpc) is 4.07. The molecule has 2 aromatic carbocycles. The minimum atomic E-state index is -1.37. The van der Waals surface area contributed by atoms with E-state index in [1.807, 2.05) is 42.2 Å². The molecule has 11 heteroatoms. The Balaban J connectivity index is 1.41. The number of amides is 1. The van der Waals surface area contributed by atoms with E-state index >= 15 is 0 Å². The number of aliphatic hydroxyl groups is 2. The number of pyridine rings is 1. The number of carbonyl (C=O) groups excluding carboxylic acids is 1. The number of rotatable bonds is 19. The van der Waals surface area contributed by atoms with Crippen molar-refractivity contribution in [2.75, 3.05) is 26.9 Å². The lowest BCUT2D eigenvalue weighted by atomic mass is 9.55. The van der Waals surface area contributed by atoms with E-state index in [9.17, 15) is 19.4 Å². The third kappa shape index (κ3) is 8.81. The van der Waals surface area contributed by atoms with Crippen molar-refractivity contribution in [1.82, 2.24) is 9.88 Å². The fourth-order valence-corrected chi connectivity index (χ4v) is 9.38. The third-order valence-electron chi connectivity index (χ3n) is 12.0. The molecule has 0 unspecified atom stereocenters. The summed E-state index contributed by atoms with van der Waals surface area (Å²) in [4.78, 5) is 26.7. The van der Waals surface area contributed by atoms with E-state index in [0.717, 1.165) is 72.3 Å². The number of hydrogen-bond acceptors (Lipinski definition) is 9. The van der Waals surface area contributed by atoms with Crippen LogP contribution in [0.25, 0.3) is 0 Å². The van der Waals surface area contributed by atoms with E-state index in [1.54, 1.807) is 25.3 Å². The summed E-state index contributed by atoms with van der Waals surface area (Å²) in [6.45, 7) is 6.89. The number of halogens is 1. The number of ether oxygens (including phenoxy) is 3. The van der Waals surface area contributed by atoms with Gasteiger partial charge in [0.15, 0.2) is 0 Å². The molecule has 0 bridgehead atoms. The van der Waals surface area contributed by atoms with Crippen molar-refractivity contribution in [1.29, 1.82) is 0 Å². The van der Waals surface area contributed by atoms with Gasteiger partial charge < -0.3 is 34.2 Å². The highest BCUT2D eigenvalue weighted by Crippen LogP contribution is 2.62. The predicted molar refractivity (Wildman–Crippen MR) is 215 cm³/mol. The highest BCUT2D eigenvalue weighted by molar-refractivity contribution is 6.03. The summed E-state index contributed by atoms with van der Waals surface area (Å²) >= 11 is 0. The van der Waals surface area contributed by atoms with Crippen molar-refractivity contribution in [3.63, 3.8) is 0 Å². The van der Waals surface area contributed by atoms with Crippen LogP contribution in [-0.4, -0.2) is 70.5 Å². The first-order chi connectivity index (χ1) is 27.8. The third-order valence-corrected chi connectivity index (χ3v) is 12.0. The fourth-order valence-electron chi connectivity index (χ4n) is 9.38. The number of hydrogen-bond donors (Lipinski definition) is 2. The summed E-state index contributed by atoms with van der Waals surface area (Å²) in [5.41, 5.74) is 5.22. The first-order valence-electron chi connectivity index (χ1n) is 20.5. The lowest BCUT2D eigenvalue weighted by Crippen LogP contribution is -2.70. The number of oxime groups is 1. The summed E-state index contributed by atoms with van der Waals surface area (Å²) < 4.78 is 35.0. The molecular formula is C46H56FN3O7. The Morgan fingerprint density at radius 1 is 1.07 bits per heavy atom. The van der Waals surface area contributed by atoms with Gasteiger partial charge in [-0.25, -0.2) is 4.39 Å². The number of aromatic nitrogens is 1. The Morgan fingerprint density at radius 3 is 2.54 bits per heavy atom. The molecule has 6 atom stereocenters. The second-order valence-corrected chi connectivity index (χ2v) is 15.9. The van der Waals surface area contributed by atoms with Gasteiger partial charge in [-0.2, -0.15) is 0 Å². The molecule has 0 radical (unpaired) electrons. The van der Waals surface area contributed by atoms with Crippen LogP contribution in [0.1, 0.15) is 86.2 Å². The molecular weight excluding hydrogens is 726 g/mol. The summed E-state index contributed by atoms with van der Waals surface area (Å²) in [5.74, 6) is -0.901. The number of benzene rings is 2. The Labute approximate surface area is 335 Å². The predicted octanol–water partition coefficient (Wildman–Crippen LogP) is 7.81. The van der Waals surface area contributed by atoms with Crippen molar-refractivity contribution in [2.45, 2.75) is 95.6 Å². The molecule has 4 aliphatic rings. The normalized spacial score (nSPS) is 25.5. The van der Waals surface area contributed by atoms with E-state index in [-0.39, 0.29) is 61.8 Å². The topological polar surface area (TPSA) is 123 Å². The van der Waals surface area contributed by atoms with Gasteiger partial charge in [0.1, 0.15) is 37.1 Å². The standard InChI is InChI=1S/C46H56FN3O7/c1-4-24-56-46-42(50(45(53)32-16-17-32)28-31-14-18-34(47)19-15-31)27-40(49-54-3)38-25-33(11-5-7-22-51)37(13-6-8-23-52)43(44(38)46)39-26-36(20-21-41(39)57-46)55-29-35-12-9-10-30(2)48-35/h4,9-10,12,14-15,18-21,25-26,32-33,37,42-44,51-52H,1,5-8,11,13,16-17,22-24,27-29H2,2-3H3/t33-,37+,42-,43+,44+,46+/m0/s1. The summed E-state index contributed by atoms with van der Waals surface area (Å²) in [6.07, 6.45) is 10.6. The van der Waals surface area contributed by atoms with E-state index in [0.29, 0.717) is 37.4 Å². The Morgan fingerprint density at radius 2 is 1.84 bits per heavy atom. The number of nitrogens with zero attached hydrogens (tertiary/aromatic N) is 3. The minimum Gasteiger partial charge on any atom is -0.487 e. The van der Waals surface area contributed by atoms with Crippen molar-refractivity contribution in [2.24, 2.45) is 28.8 Å². The zero-order chi connectivity index (χ0) is 39.9. The Bertz CT molecular complexity index is 1930. The molecule has 2 fully saturated rings. The second-order valence-electron chi connectivity index (χ2n) is 15.9. The summed E-state index contributed by atoms with van der Waals surface area (Å²) in [6, 6.07) is 17.5. The van der Waals surface area contributed by atoms with Crippen LogP contribution in [0.15, 0.2) is 90.1 Å². The Kier molecular flexibility index (Phi) is 13.1. The van der Waals surface area contributed by atoms with Crippen molar-refractivity contribution >= 4 is 11.6 Å². The number of carbonyl (C=O) groups is 1. The molecule has 304 valence electrons. The summed E-state index contributed by atoms with van der Waals surface area (Å²) in [5, 5.41) is 24.4. The van der Waals surface area contributed by atoms with Crippen molar-refractivity contribution < 1.29 is 38.4 Å². The van der Waals surface area contributed by atoms with Gasteiger partial charge in [-0.3, -0.25) is 9.78 Å². The Hall–Kier alpha value is -4.58. The van der Waals surface area contributed by atoms with Gasteiger partial charge in [0.2, 0.25) is 11.7 Å². The first-order valence-corrected chi connectivity index (χ1v) is 20.5. The first kappa shape index (κ1) is 40.6. The molecule has 3 aromatic rings. The molecule has 2 saturated carbocycles. The zero-order valence-corrected chi connectivity index (χ0v) is 33.2. The lowest BCUT2D eigenvalue weighted by Gasteiger charge is -2.60. The quantitative estimate of drug-likeness (QED) is 0.0718. The highest BCUT2D eigenvalue weighted by atomic mass is 19.1. The van der Waals surface area contributed by atoms with Crippen LogP contribution in [0.4, 0.5) is 4.39 Å². The van der Waals surface area contributed by atoms with E-state index in [4.69, 9.17) is 19.0 Å². The SMILES string of the molecule is C=CCO[C@@]12Oc3ccc(OCc4cccc(C)n4)cc3[C@H]3[C@H](CCCCO)[C@@H](CCCCO)C=C(C(=NOC)C[C@@H]1N(Cc1ccc(F)cc1)C(=O)C1CC1)[C@H]32. The van der Waals surface area contributed by atoms with Gasteiger partial charge >= 0.3 is 0 Å². The van der Waals surface area contributed by atoms with E-state index in [2.05, 4.69) is 28.9 Å². The number of aliphatic hydroxyl groups excluding tert-OH is 2. The molecule has 2 N–H and O–H groups in total. The van der Waals surface area contributed by atoms with Gasteiger partial charge in [-0.05, 0) is 111 Å². The van der Waals surface area contributed by atoms with Crippen LogP contribution >= 0.6 is 0 Å². The summed E-state index contributed by atoms with van der Waals surface area (Å²) in [7, 11) is 1.54. The molecule has 0 saturated heterocycles. The maximum Gasteiger partial charge on any atom is 0.239 e. The molecule has 10 nitrogen and oxygen atoms in total. The molecule has 1 amide bonds. The van der Waals surface area contributed by atoms with E-state index in [1.165, 1.54) is 12.1 Å². The van der Waals surface area contributed by atoms with Crippen molar-refractivity contribution in [3.8, 4) is 11.5 Å². The number of aryl methyl sites for hydroxylation is 1. The maximum absolute atomic E-state index is 14.6. The largest absolute Gasteiger partial charge is 0.487 e. The molecule has 3 aliphatic carbocycles. The van der Waals surface area contributed by atoms with Gasteiger partial charge in [0.25, 0.3) is 0 Å². The second kappa shape index (κ2) is 18.3. The molecule has 1 aromatic heterocycles. The molecule has 7 rings (SSSR count). The van der Waals surface area contributed by atoms with Gasteiger partial charge in [0, 0.05) is 49.3 Å². The number of allylic oxidation sites excluding steroid dienone is 1. The van der Waals surface area contributed by atoms with Crippen molar-refractivity contribution in [3.05, 3.63) is 113 Å². The van der Waals surface area contributed by atoms with Gasteiger partial charge in [-0.1, -0.05) is 48.3 Å². The zero-order valence-electron chi connectivity index (χ0n) is 33.2. The van der Waals surface area contributed by atoms with Crippen LogP contribution in [-0.2, 0) is 27.5 Å². The molecule has 0 spiro atoms. The molecule has 1 aliphatic heterocycles. The van der Waals surface area contributed by atoms with Crippen LogP contribution in [0.3, 0.4) is 0 Å². The minimum absolute atomic E-state index is 0.00624. The van der Waals surface area contributed by atoms with Crippen LogP contribution in [0.5, 0.6) is 11.5 Å². The lowest BCUT2D eigenvalue weighted by molar-refractivity contribution is -0.258. The number of unbranched alkanes of at least 4 members (excludes halogenated alkanes) is 2. The van der Waals surface area contributed by atoms with E-state index < -0.39 is 17.7 Å². The maximum atomic E-state index is 14.6. The van der Waals surface area contributed by atoms with Gasteiger partial charge in [0.05, 0.1) is 23.9 Å². The van der Waals surface area contributed by atoms with Crippen LogP contribution in [0, 0.1) is 36.4 Å². The molecule has 2 heterocycles. The van der Waals surface area contributed by atoms with Crippen LogP contribution < -0.4 is 9.47 Å². The average molecular weight is 782 g/mol. The number of fused-ring (bicyclic) bond motifs is 2. The monoisotopic (exact) mass is 781 g/mol. The van der Waals surface area contributed by atoms with Crippen LogP contribution in [0.2, 0.25) is 0 Å².